The number of aromatic nitrogens is 2. The summed E-state index contributed by atoms with van der Waals surface area (Å²) in [5.74, 6) is 0.883. The van der Waals surface area contributed by atoms with Gasteiger partial charge in [-0.2, -0.15) is 5.10 Å². The number of anilines is 1. The second-order valence-electron chi connectivity index (χ2n) is 4.21. The fourth-order valence-corrected chi connectivity index (χ4v) is 1.94. The van der Waals surface area contributed by atoms with Gasteiger partial charge in [-0.3, -0.25) is 5.10 Å². The standard InChI is InChI=1S/C12H11Cl2N3/c13-9-4-1-7(5-10(9)14)11-6-12(17-16-11)15-8-2-3-8/h1,4-6,8H,2-3H2,(H2,15,16,17). The third kappa shape index (κ3) is 2.40. The van der Waals surface area contributed by atoms with Gasteiger partial charge in [0, 0.05) is 17.7 Å². The minimum atomic E-state index is 0.551. The molecule has 1 aromatic carbocycles. The zero-order chi connectivity index (χ0) is 11.8. The Hall–Kier alpha value is -1.19. The molecule has 3 rings (SSSR count). The van der Waals surface area contributed by atoms with E-state index in [1.165, 1.54) is 12.8 Å². The van der Waals surface area contributed by atoms with Gasteiger partial charge in [0.1, 0.15) is 5.82 Å². The molecule has 0 aliphatic heterocycles. The van der Waals surface area contributed by atoms with Gasteiger partial charge in [-0.25, -0.2) is 0 Å². The van der Waals surface area contributed by atoms with E-state index in [0.717, 1.165) is 17.1 Å². The molecule has 0 spiro atoms. The van der Waals surface area contributed by atoms with Crippen molar-refractivity contribution < 1.29 is 0 Å². The second-order valence-corrected chi connectivity index (χ2v) is 5.03. The lowest BCUT2D eigenvalue weighted by Gasteiger charge is -1.99. The predicted octanol–water partition coefficient (Wildman–Crippen LogP) is 3.96. The monoisotopic (exact) mass is 267 g/mol. The van der Waals surface area contributed by atoms with Crippen LogP contribution in [-0.4, -0.2) is 16.2 Å². The van der Waals surface area contributed by atoms with Gasteiger partial charge in [0.2, 0.25) is 0 Å². The molecule has 3 nitrogen and oxygen atoms in total. The van der Waals surface area contributed by atoms with E-state index < -0.39 is 0 Å². The molecular formula is C12H11Cl2N3. The predicted molar refractivity (Wildman–Crippen MR) is 70.7 cm³/mol. The third-order valence-corrected chi connectivity index (χ3v) is 3.48. The zero-order valence-corrected chi connectivity index (χ0v) is 10.5. The van der Waals surface area contributed by atoms with E-state index in [1.54, 1.807) is 6.07 Å². The molecule has 1 saturated carbocycles. The third-order valence-electron chi connectivity index (χ3n) is 2.74. The van der Waals surface area contributed by atoms with Crippen LogP contribution in [0.15, 0.2) is 24.3 Å². The highest BCUT2D eigenvalue weighted by atomic mass is 35.5. The SMILES string of the molecule is Clc1ccc(-c2cc(NC3CC3)n[nH]2)cc1Cl. The Balaban J connectivity index is 1.86. The number of nitrogens with one attached hydrogen (secondary N) is 2. The van der Waals surface area contributed by atoms with Crippen LogP contribution in [0.2, 0.25) is 10.0 Å². The van der Waals surface area contributed by atoms with E-state index in [0.29, 0.717) is 16.1 Å². The number of rotatable bonds is 3. The van der Waals surface area contributed by atoms with Crippen LogP contribution < -0.4 is 5.32 Å². The van der Waals surface area contributed by atoms with Crippen LogP contribution in [0.25, 0.3) is 11.3 Å². The first kappa shape index (κ1) is 10.9. The van der Waals surface area contributed by atoms with E-state index in [9.17, 15) is 0 Å². The summed E-state index contributed by atoms with van der Waals surface area (Å²) in [5.41, 5.74) is 1.92. The minimum Gasteiger partial charge on any atom is -0.366 e. The first-order valence-electron chi connectivity index (χ1n) is 5.50. The van der Waals surface area contributed by atoms with Crippen LogP contribution in [0.3, 0.4) is 0 Å². The molecule has 1 aliphatic rings. The van der Waals surface area contributed by atoms with Gasteiger partial charge < -0.3 is 5.32 Å². The molecule has 17 heavy (non-hydrogen) atoms. The molecule has 1 aliphatic carbocycles. The maximum atomic E-state index is 5.98. The summed E-state index contributed by atoms with van der Waals surface area (Å²) in [7, 11) is 0. The topological polar surface area (TPSA) is 40.7 Å². The Bertz CT molecular complexity index is 546. The smallest absolute Gasteiger partial charge is 0.148 e. The van der Waals surface area contributed by atoms with Gasteiger partial charge in [-0.15, -0.1) is 0 Å². The highest BCUT2D eigenvalue weighted by molar-refractivity contribution is 6.42. The molecule has 88 valence electrons. The number of aromatic amines is 1. The molecule has 0 amide bonds. The lowest BCUT2D eigenvalue weighted by molar-refractivity contribution is 1.05. The van der Waals surface area contributed by atoms with Crippen molar-refractivity contribution in [3.8, 4) is 11.3 Å². The summed E-state index contributed by atoms with van der Waals surface area (Å²) in [4.78, 5) is 0. The average Bonchev–Trinajstić information content (AvgIpc) is 2.99. The first-order valence-corrected chi connectivity index (χ1v) is 6.25. The van der Waals surface area contributed by atoms with Gasteiger partial charge in [0.15, 0.2) is 0 Å². The molecular weight excluding hydrogens is 257 g/mol. The number of halogens is 2. The van der Waals surface area contributed by atoms with E-state index in [-0.39, 0.29) is 0 Å². The second kappa shape index (κ2) is 4.24. The summed E-state index contributed by atoms with van der Waals surface area (Å²) in [6.07, 6.45) is 2.46. The van der Waals surface area contributed by atoms with Crippen molar-refractivity contribution in [1.29, 1.82) is 0 Å². The summed E-state index contributed by atoms with van der Waals surface area (Å²) >= 11 is 11.9. The van der Waals surface area contributed by atoms with Crippen molar-refractivity contribution in [3.05, 3.63) is 34.3 Å². The first-order chi connectivity index (χ1) is 8.22. The molecule has 2 N–H and O–H groups in total. The largest absolute Gasteiger partial charge is 0.366 e. The molecule has 0 radical (unpaired) electrons. The fourth-order valence-electron chi connectivity index (χ4n) is 1.64. The highest BCUT2D eigenvalue weighted by Crippen LogP contribution is 2.29. The van der Waals surface area contributed by atoms with Crippen molar-refractivity contribution in [3.63, 3.8) is 0 Å². The highest BCUT2D eigenvalue weighted by Gasteiger charge is 2.21. The Morgan fingerprint density at radius 1 is 1.18 bits per heavy atom. The molecule has 5 heteroatoms. The summed E-state index contributed by atoms with van der Waals surface area (Å²) in [6, 6.07) is 8.12. The summed E-state index contributed by atoms with van der Waals surface area (Å²) < 4.78 is 0. The van der Waals surface area contributed by atoms with Gasteiger partial charge in [0.05, 0.1) is 15.7 Å². The van der Waals surface area contributed by atoms with Crippen LogP contribution >= 0.6 is 23.2 Å². The zero-order valence-electron chi connectivity index (χ0n) is 9.00. The van der Waals surface area contributed by atoms with Crippen molar-refractivity contribution >= 4 is 29.0 Å². The molecule has 0 bridgehead atoms. The average molecular weight is 268 g/mol. The molecule has 2 aromatic rings. The molecule has 0 saturated heterocycles. The quantitative estimate of drug-likeness (QED) is 0.884. The van der Waals surface area contributed by atoms with E-state index >= 15 is 0 Å². The van der Waals surface area contributed by atoms with Crippen LogP contribution in [0.4, 0.5) is 5.82 Å². The van der Waals surface area contributed by atoms with Crippen molar-refractivity contribution in [2.75, 3.05) is 5.32 Å². The normalized spacial score (nSPS) is 14.9. The maximum Gasteiger partial charge on any atom is 0.148 e. The lowest BCUT2D eigenvalue weighted by Crippen LogP contribution is -2.00. The van der Waals surface area contributed by atoms with Gasteiger partial charge in [0.25, 0.3) is 0 Å². The maximum absolute atomic E-state index is 5.98. The number of hydrogen-bond donors (Lipinski definition) is 2. The van der Waals surface area contributed by atoms with Gasteiger partial charge in [-0.05, 0) is 25.0 Å². The number of nitrogens with zero attached hydrogens (tertiary/aromatic N) is 1. The lowest BCUT2D eigenvalue weighted by atomic mass is 10.1. The van der Waals surface area contributed by atoms with Crippen LogP contribution in [0.1, 0.15) is 12.8 Å². The van der Waals surface area contributed by atoms with Crippen LogP contribution in [0, 0.1) is 0 Å². The Morgan fingerprint density at radius 2 is 2.00 bits per heavy atom. The van der Waals surface area contributed by atoms with Crippen molar-refractivity contribution in [2.45, 2.75) is 18.9 Å². The van der Waals surface area contributed by atoms with Gasteiger partial charge in [-0.1, -0.05) is 29.3 Å². The van der Waals surface area contributed by atoms with Crippen molar-refractivity contribution in [2.24, 2.45) is 0 Å². The molecule has 0 unspecified atom stereocenters. The van der Waals surface area contributed by atoms with E-state index in [2.05, 4.69) is 15.5 Å². The number of benzene rings is 1. The molecule has 1 heterocycles. The Labute approximate surface area is 109 Å². The molecule has 0 atom stereocenters. The van der Waals surface area contributed by atoms with E-state index in [4.69, 9.17) is 23.2 Å². The van der Waals surface area contributed by atoms with Crippen molar-refractivity contribution in [1.82, 2.24) is 10.2 Å². The number of H-pyrrole nitrogens is 1. The summed E-state index contributed by atoms with van der Waals surface area (Å²) in [6.45, 7) is 0. The fraction of sp³-hybridized carbons (Fsp3) is 0.250. The minimum absolute atomic E-state index is 0.551. The van der Waals surface area contributed by atoms with Crippen LogP contribution in [0.5, 0.6) is 0 Å². The molecule has 1 aromatic heterocycles. The van der Waals surface area contributed by atoms with E-state index in [1.807, 2.05) is 18.2 Å². The Kier molecular flexibility index (Phi) is 2.73. The van der Waals surface area contributed by atoms with Gasteiger partial charge >= 0.3 is 0 Å². The molecule has 1 fully saturated rings. The van der Waals surface area contributed by atoms with Crippen LogP contribution in [-0.2, 0) is 0 Å². The Morgan fingerprint density at radius 3 is 2.71 bits per heavy atom. The summed E-state index contributed by atoms with van der Waals surface area (Å²) in [5, 5.41) is 11.6. The number of hydrogen-bond acceptors (Lipinski definition) is 2.